The van der Waals surface area contributed by atoms with Gasteiger partial charge in [0.05, 0.1) is 23.7 Å². The first-order chi connectivity index (χ1) is 14.2. The number of para-hydroxylation sites is 2. The van der Waals surface area contributed by atoms with Crippen molar-refractivity contribution in [1.29, 1.82) is 0 Å². The van der Waals surface area contributed by atoms with Crippen molar-refractivity contribution in [3.05, 3.63) is 70.4 Å². The zero-order valence-corrected chi connectivity index (χ0v) is 16.4. The van der Waals surface area contributed by atoms with Crippen LogP contribution in [-0.4, -0.2) is 40.7 Å². The largest absolute Gasteiger partial charge is 0.373 e. The summed E-state index contributed by atoms with van der Waals surface area (Å²) < 4.78 is 21.1. The average molecular weight is 395 g/mol. The number of H-pyrrole nitrogens is 1. The average Bonchev–Trinajstić information content (AvgIpc) is 3.33. The van der Waals surface area contributed by atoms with Gasteiger partial charge in [0.2, 0.25) is 0 Å². The molecule has 2 atom stereocenters. The molecule has 152 valence electrons. The van der Waals surface area contributed by atoms with E-state index in [1.807, 2.05) is 41.0 Å². The van der Waals surface area contributed by atoms with Gasteiger partial charge in [-0.25, -0.2) is 9.18 Å². The van der Waals surface area contributed by atoms with E-state index in [2.05, 4.69) is 9.88 Å². The summed E-state index contributed by atoms with van der Waals surface area (Å²) in [7, 11) is 0. The second kappa shape index (κ2) is 7.76. The summed E-state index contributed by atoms with van der Waals surface area (Å²) in [5, 5.41) is 0. The summed E-state index contributed by atoms with van der Waals surface area (Å²) in [4.78, 5) is 17.9. The molecule has 2 aliphatic heterocycles. The molecule has 0 spiro atoms. The number of hydrogen-bond donors (Lipinski definition) is 1. The van der Waals surface area contributed by atoms with Crippen LogP contribution in [0.1, 0.15) is 37.0 Å². The number of piperidine rings is 1. The van der Waals surface area contributed by atoms with Crippen LogP contribution in [-0.2, 0) is 4.74 Å². The Labute approximate surface area is 169 Å². The van der Waals surface area contributed by atoms with Crippen molar-refractivity contribution in [3.8, 4) is 0 Å². The smallest absolute Gasteiger partial charge is 0.326 e. The van der Waals surface area contributed by atoms with Gasteiger partial charge in [-0.05, 0) is 55.0 Å². The van der Waals surface area contributed by atoms with Gasteiger partial charge in [-0.2, -0.15) is 0 Å². The molecule has 0 bridgehead atoms. The van der Waals surface area contributed by atoms with Gasteiger partial charge in [-0.15, -0.1) is 0 Å². The number of rotatable bonds is 4. The summed E-state index contributed by atoms with van der Waals surface area (Å²) >= 11 is 0. The molecule has 2 fully saturated rings. The molecule has 0 amide bonds. The van der Waals surface area contributed by atoms with Crippen molar-refractivity contribution < 1.29 is 9.13 Å². The second-order valence-corrected chi connectivity index (χ2v) is 8.32. The van der Waals surface area contributed by atoms with E-state index >= 15 is 0 Å². The first-order valence-electron chi connectivity index (χ1n) is 10.5. The van der Waals surface area contributed by atoms with Crippen LogP contribution in [0.3, 0.4) is 0 Å². The lowest BCUT2D eigenvalue weighted by Crippen LogP contribution is -2.39. The molecule has 6 heteroatoms. The predicted octanol–water partition coefficient (Wildman–Crippen LogP) is 3.88. The number of nitrogens with one attached hydrogen (secondary N) is 1. The van der Waals surface area contributed by atoms with Crippen molar-refractivity contribution in [1.82, 2.24) is 14.5 Å². The van der Waals surface area contributed by atoms with Gasteiger partial charge in [0.25, 0.3) is 0 Å². The summed E-state index contributed by atoms with van der Waals surface area (Å²) in [5.41, 5.74) is 2.97. The Morgan fingerprint density at radius 1 is 1.07 bits per heavy atom. The Morgan fingerprint density at radius 2 is 1.83 bits per heavy atom. The monoisotopic (exact) mass is 395 g/mol. The Kier molecular flexibility index (Phi) is 4.97. The topological polar surface area (TPSA) is 50.3 Å². The quantitative estimate of drug-likeness (QED) is 0.729. The third kappa shape index (κ3) is 3.74. The van der Waals surface area contributed by atoms with Gasteiger partial charge < -0.3 is 14.6 Å². The molecule has 3 aromatic rings. The summed E-state index contributed by atoms with van der Waals surface area (Å²) in [5.74, 6) is 0.290. The molecule has 29 heavy (non-hydrogen) atoms. The number of hydrogen-bond acceptors (Lipinski definition) is 3. The van der Waals surface area contributed by atoms with Crippen molar-refractivity contribution >= 4 is 11.0 Å². The van der Waals surface area contributed by atoms with E-state index in [-0.39, 0.29) is 23.7 Å². The molecule has 2 aliphatic rings. The lowest BCUT2D eigenvalue weighted by Gasteiger charge is -2.33. The number of halogens is 1. The third-order valence-electron chi connectivity index (χ3n) is 6.38. The van der Waals surface area contributed by atoms with E-state index < -0.39 is 0 Å². The first-order valence-corrected chi connectivity index (χ1v) is 10.5. The number of likely N-dealkylation sites (tertiary alicyclic amines) is 1. The van der Waals surface area contributed by atoms with E-state index in [0.29, 0.717) is 5.92 Å². The molecule has 5 nitrogen and oxygen atoms in total. The maximum Gasteiger partial charge on any atom is 0.326 e. The van der Waals surface area contributed by atoms with Gasteiger partial charge in [-0.3, -0.25) is 4.57 Å². The molecule has 1 N–H and O–H groups in total. The van der Waals surface area contributed by atoms with E-state index in [9.17, 15) is 9.18 Å². The number of benzene rings is 2. The Hall–Kier alpha value is -2.44. The Bertz CT molecular complexity index is 1030. The highest BCUT2D eigenvalue weighted by Gasteiger charge is 2.30. The highest BCUT2D eigenvalue weighted by atomic mass is 19.1. The zero-order chi connectivity index (χ0) is 19.8. The van der Waals surface area contributed by atoms with Gasteiger partial charge >= 0.3 is 5.69 Å². The maximum absolute atomic E-state index is 13.1. The van der Waals surface area contributed by atoms with Crippen LogP contribution in [0.4, 0.5) is 4.39 Å². The number of ether oxygens (including phenoxy) is 1. The van der Waals surface area contributed by atoms with Crippen molar-refractivity contribution in [2.24, 2.45) is 5.92 Å². The van der Waals surface area contributed by atoms with Crippen LogP contribution in [0.15, 0.2) is 53.3 Å². The summed E-state index contributed by atoms with van der Waals surface area (Å²) in [6, 6.07) is 14.8. The van der Waals surface area contributed by atoms with Gasteiger partial charge in [0.15, 0.2) is 0 Å². The number of aromatic nitrogens is 2. The second-order valence-electron chi connectivity index (χ2n) is 8.32. The van der Waals surface area contributed by atoms with Gasteiger partial charge in [0.1, 0.15) is 5.82 Å². The van der Waals surface area contributed by atoms with Crippen LogP contribution in [0.25, 0.3) is 11.0 Å². The Morgan fingerprint density at radius 3 is 2.62 bits per heavy atom. The van der Waals surface area contributed by atoms with Crippen molar-refractivity contribution in [3.63, 3.8) is 0 Å². The molecule has 0 radical (unpaired) electrons. The van der Waals surface area contributed by atoms with Gasteiger partial charge in [0, 0.05) is 25.7 Å². The highest BCUT2D eigenvalue weighted by Crippen LogP contribution is 2.34. The standard InChI is InChI=1S/C23H26FN3O2/c24-18-7-5-17(6-8-18)22-13-16(15-29-22)14-26-11-9-19(10-12-26)27-21-4-2-1-3-20(21)25-23(27)28/h1-8,16,19,22H,9-15H2,(H,25,28)/t16-,22+/m0/s1. The molecule has 0 unspecified atom stereocenters. The lowest BCUT2D eigenvalue weighted by molar-refractivity contribution is 0.100. The predicted molar refractivity (Wildman–Crippen MR) is 110 cm³/mol. The molecule has 2 saturated heterocycles. The molecule has 1 aromatic heterocycles. The summed E-state index contributed by atoms with van der Waals surface area (Å²) in [6.07, 6.45) is 3.02. The van der Waals surface area contributed by atoms with Crippen LogP contribution in [0.2, 0.25) is 0 Å². The van der Waals surface area contributed by atoms with E-state index in [1.165, 1.54) is 12.1 Å². The number of nitrogens with zero attached hydrogens (tertiary/aromatic N) is 2. The molecule has 0 saturated carbocycles. The number of fused-ring (bicyclic) bond motifs is 1. The molecular formula is C23H26FN3O2. The molecule has 0 aliphatic carbocycles. The van der Waals surface area contributed by atoms with E-state index in [0.717, 1.165) is 62.1 Å². The fourth-order valence-corrected chi connectivity index (χ4v) is 4.89. The Balaban J connectivity index is 1.18. The van der Waals surface area contributed by atoms with E-state index in [4.69, 9.17) is 4.74 Å². The lowest BCUT2D eigenvalue weighted by atomic mass is 9.98. The fourth-order valence-electron chi connectivity index (χ4n) is 4.89. The minimum absolute atomic E-state index is 0.00372. The van der Waals surface area contributed by atoms with Crippen molar-refractivity contribution in [2.45, 2.75) is 31.4 Å². The van der Waals surface area contributed by atoms with Crippen LogP contribution < -0.4 is 5.69 Å². The number of imidazole rings is 1. The van der Waals surface area contributed by atoms with Crippen LogP contribution in [0, 0.1) is 11.7 Å². The zero-order valence-electron chi connectivity index (χ0n) is 16.4. The first kappa shape index (κ1) is 18.6. The molecule has 3 heterocycles. The SMILES string of the molecule is O=c1[nH]c2ccccc2n1C1CCN(C[C@H]2CO[C@@H](c3ccc(F)cc3)C2)CC1. The van der Waals surface area contributed by atoms with Crippen molar-refractivity contribution in [2.75, 3.05) is 26.2 Å². The van der Waals surface area contributed by atoms with Crippen LogP contribution in [0.5, 0.6) is 0 Å². The van der Waals surface area contributed by atoms with E-state index in [1.54, 1.807) is 0 Å². The summed E-state index contributed by atoms with van der Waals surface area (Å²) in [6.45, 7) is 3.76. The number of aromatic amines is 1. The fraction of sp³-hybridized carbons (Fsp3) is 0.435. The minimum atomic E-state index is -0.208. The maximum atomic E-state index is 13.1. The van der Waals surface area contributed by atoms with Crippen LogP contribution >= 0.6 is 0 Å². The minimum Gasteiger partial charge on any atom is -0.373 e. The highest BCUT2D eigenvalue weighted by molar-refractivity contribution is 5.75. The molecule has 2 aromatic carbocycles. The molecule has 5 rings (SSSR count). The molecular weight excluding hydrogens is 369 g/mol. The third-order valence-corrected chi connectivity index (χ3v) is 6.38. The van der Waals surface area contributed by atoms with Gasteiger partial charge in [-0.1, -0.05) is 24.3 Å². The normalized spacial score (nSPS) is 23.8.